The lowest BCUT2D eigenvalue weighted by atomic mass is 9.76. The molecule has 0 N–H and O–H groups in total. The second-order valence-electron chi connectivity index (χ2n) is 8.29. The molecule has 156 valence electrons. The van der Waals surface area contributed by atoms with Gasteiger partial charge in [0.2, 0.25) is 0 Å². The Morgan fingerprint density at radius 3 is 2.41 bits per heavy atom. The molecule has 2 aliphatic heterocycles. The predicted molar refractivity (Wildman–Crippen MR) is 111 cm³/mol. The van der Waals surface area contributed by atoms with E-state index < -0.39 is 24.1 Å². The smallest absolute Gasteiger partial charge is 0.497 e. The number of amides is 1. The van der Waals surface area contributed by atoms with Crippen molar-refractivity contribution in [3.8, 4) is 5.75 Å². The number of hydrogen-bond acceptors (Lipinski definition) is 5. The van der Waals surface area contributed by atoms with E-state index in [1.807, 2.05) is 33.8 Å². The van der Waals surface area contributed by atoms with Crippen LogP contribution in [-0.2, 0) is 15.7 Å². The first-order chi connectivity index (χ1) is 13.5. The molecule has 0 radical (unpaired) electrons. The molecular weight excluding hydrogens is 374 g/mol. The zero-order valence-electron chi connectivity index (χ0n) is 18.1. The molecule has 1 aromatic carbocycles. The fourth-order valence-electron chi connectivity index (χ4n) is 3.52. The summed E-state index contributed by atoms with van der Waals surface area (Å²) in [5.74, 6) is -0.160. The second-order valence-corrected chi connectivity index (χ2v) is 8.29. The maximum atomic E-state index is 14.0. The Kier molecular flexibility index (Phi) is 5.62. The average Bonchev–Trinajstić information content (AvgIpc) is 2.86. The first kappa shape index (κ1) is 21.5. The number of carbonyl (C=O) groups excluding carboxylic acids is 1. The zero-order chi connectivity index (χ0) is 21.6. The molecule has 3 rings (SSSR count). The van der Waals surface area contributed by atoms with E-state index in [0.717, 1.165) is 5.56 Å². The van der Waals surface area contributed by atoms with Crippen molar-refractivity contribution in [3.63, 3.8) is 0 Å². The third-order valence-electron chi connectivity index (χ3n) is 5.86. The van der Waals surface area contributed by atoms with Crippen LogP contribution in [0.4, 0.5) is 4.39 Å². The van der Waals surface area contributed by atoms with Gasteiger partial charge in [0.25, 0.3) is 5.91 Å². The molecular formula is C21H28BFN2O4. The van der Waals surface area contributed by atoms with Gasteiger partial charge in [0.15, 0.2) is 5.82 Å². The molecule has 0 spiro atoms. The van der Waals surface area contributed by atoms with Gasteiger partial charge in [-0.3, -0.25) is 9.69 Å². The highest BCUT2D eigenvalue weighted by Crippen LogP contribution is 2.38. The van der Waals surface area contributed by atoms with Crippen LogP contribution in [0, 0.1) is 0 Å². The van der Waals surface area contributed by atoms with Crippen molar-refractivity contribution in [1.82, 2.24) is 4.90 Å². The van der Waals surface area contributed by atoms with E-state index in [0.29, 0.717) is 29.7 Å². The quantitative estimate of drug-likeness (QED) is 0.573. The predicted octanol–water partition coefficient (Wildman–Crippen LogP) is 3.24. The minimum absolute atomic E-state index is 0.0381. The third kappa shape index (κ3) is 3.71. The molecule has 1 fully saturated rings. The van der Waals surface area contributed by atoms with Crippen molar-refractivity contribution in [2.75, 3.05) is 13.7 Å². The summed E-state index contributed by atoms with van der Waals surface area (Å²) in [5.41, 5.74) is 0.922. The van der Waals surface area contributed by atoms with Crippen LogP contribution in [0.5, 0.6) is 5.75 Å². The van der Waals surface area contributed by atoms with Gasteiger partial charge in [0.05, 0.1) is 18.3 Å². The van der Waals surface area contributed by atoms with Crippen LogP contribution in [0.3, 0.4) is 0 Å². The third-order valence-corrected chi connectivity index (χ3v) is 5.86. The largest absolute Gasteiger partial charge is 0.498 e. The number of methoxy groups -OCH3 is 1. The molecule has 0 saturated carbocycles. The Balaban J connectivity index is 2.04. The van der Waals surface area contributed by atoms with E-state index in [1.165, 1.54) is 18.0 Å². The van der Waals surface area contributed by atoms with Crippen LogP contribution in [0.25, 0.3) is 0 Å². The highest BCUT2D eigenvalue weighted by molar-refractivity contribution is 6.63. The number of hydrogen-bond donors (Lipinski definition) is 0. The van der Waals surface area contributed by atoms with E-state index in [4.69, 9.17) is 14.0 Å². The number of aliphatic imine (C=N–C) groups is 1. The number of benzene rings is 1. The number of allylic oxidation sites excluding steroid dienone is 1. The first-order valence-corrected chi connectivity index (χ1v) is 9.75. The molecule has 2 heterocycles. The Hall–Kier alpha value is -2.19. The number of rotatable bonds is 4. The number of nitrogens with zero attached hydrogens (tertiary/aromatic N) is 2. The van der Waals surface area contributed by atoms with Crippen molar-refractivity contribution in [3.05, 3.63) is 34.9 Å². The number of carbonyl (C=O) groups is 1. The molecule has 1 saturated heterocycles. The summed E-state index contributed by atoms with van der Waals surface area (Å²) in [6, 6.07) is 3.59. The molecule has 0 aliphatic carbocycles. The molecule has 2 aliphatic rings. The van der Waals surface area contributed by atoms with Crippen LogP contribution in [0.15, 0.2) is 28.8 Å². The van der Waals surface area contributed by atoms with Gasteiger partial charge in [-0.15, -0.1) is 0 Å². The summed E-state index contributed by atoms with van der Waals surface area (Å²) in [5, 5.41) is 0. The van der Waals surface area contributed by atoms with Gasteiger partial charge in [0, 0.05) is 23.8 Å². The Bertz CT molecular complexity index is 875. The standard InChI is InChI=1S/C21H28BFN2O4/c1-8-24-18(13(2)23)25-10-9-14-11-17(27-7)16(12-15(14)19(25)26)22-28-20(3,4)21(5,6)29-22/h8,11-12H,9-10H2,1-7H3/b18-13-,24-8-. The minimum Gasteiger partial charge on any atom is -0.497 e. The SMILES string of the molecule is C/C=N\C(=C(/C)F)N1CCc2cc(OC)c(B3OC(C)(C)C(C)(C)O3)cc2C1=O. The number of ether oxygens (including phenoxy) is 1. The van der Waals surface area contributed by atoms with Gasteiger partial charge >= 0.3 is 7.12 Å². The van der Waals surface area contributed by atoms with Crippen LogP contribution in [0.1, 0.15) is 57.5 Å². The molecule has 1 aromatic rings. The topological polar surface area (TPSA) is 60.4 Å². The molecule has 1 amide bonds. The normalized spacial score (nSPS) is 21.4. The van der Waals surface area contributed by atoms with E-state index in [1.54, 1.807) is 20.1 Å². The van der Waals surface area contributed by atoms with Gasteiger partial charge in [-0.25, -0.2) is 9.38 Å². The second kappa shape index (κ2) is 7.57. The summed E-state index contributed by atoms with van der Waals surface area (Å²) in [4.78, 5) is 18.6. The van der Waals surface area contributed by atoms with Crippen molar-refractivity contribution < 1.29 is 23.2 Å². The summed E-state index contributed by atoms with van der Waals surface area (Å²) >= 11 is 0. The van der Waals surface area contributed by atoms with E-state index >= 15 is 0 Å². The summed E-state index contributed by atoms with van der Waals surface area (Å²) in [6.45, 7) is 11.2. The number of fused-ring (bicyclic) bond motifs is 1. The molecule has 29 heavy (non-hydrogen) atoms. The maximum Gasteiger partial charge on any atom is 0.498 e. The minimum atomic E-state index is -0.671. The summed E-state index contributed by atoms with van der Waals surface area (Å²) < 4.78 is 31.9. The van der Waals surface area contributed by atoms with Gasteiger partial charge in [0.1, 0.15) is 11.6 Å². The van der Waals surface area contributed by atoms with Gasteiger partial charge < -0.3 is 14.0 Å². The Morgan fingerprint density at radius 2 is 1.90 bits per heavy atom. The van der Waals surface area contributed by atoms with Crippen LogP contribution in [-0.4, -0.2) is 49.0 Å². The van der Waals surface area contributed by atoms with Crippen molar-refractivity contribution in [1.29, 1.82) is 0 Å². The van der Waals surface area contributed by atoms with Gasteiger partial charge in [-0.2, -0.15) is 0 Å². The molecule has 0 atom stereocenters. The maximum absolute atomic E-state index is 14.0. The highest BCUT2D eigenvalue weighted by Gasteiger charge is 2.52. The van der Waals surface area contributed by atoms with E-state index in [-0.39, 0.29) is 11.7 Å². The van der Waals surface area contributed by atoms with Crippen LogP contribution >= 0.6 is 0 Å². The fourth-order valence-corrected chi connectivity index (χ4v) is 3.52. The lowest BCUT2D eigenvalue weighted by Gasteiger charge is -2.32. The van der Waals surface area contributed by atoms with E-state index in [9.17, 15) is 9.18 Å². The zero-order valence-corrected chi connectivity index (χ0v) is 18.1. The molecule has 6 nitrogen and oxygen atoms in total. The van der Waals surface area contributed by atoms with Crippen LogP contribution < -0.4 is 10.2 Å². The van der Waals surface area contributed by atoms with Crippen molar-refractivity contribution in [2.24, 2.45) is 4.99 Å². The molecule has 0 bridgehead atoms. The van der Waals surface area contributed by atoms with E-state index in [2.05, 4.69) is 4.99 Å². The van der Waals surface area contributed by atoms with Gasteiger partial charge in [-0.05, 0) is 65.7 Å². The van der Waals surface area contributed by atoms with Crippen molar-refractivity contribution >= 4 is 24.7 Å². The fraction of sp³-hybridized carbons (Fsp3) is 0.524. The summed E-state index contributed by atoms with van der Waals surface area (Å²) in [7, 11) is 0.909. The lowest BCUT2D eigenvalue weighted by molar-refractivity contribution is 0.00578. The van der Waals surface area contributed by atoms with Crippen LogP contribution in [0.2, 0.25) is 0 Å². The average molecular weight is 402 g/mol. The first-order valence-electron chi connectivity index (χ1n) is 9.75. The van der Waals surface area contributed by atoms with Gasteiger partial charge in [-0.1, -0.05) is 0 Å². The Labute approximate surface area is 171 Å². The summed E-state index contributed by atoms with van der Waals surface area (Å²) in [6.07, 6.45) is 2.04. The molecule has 0 unspecified atom stereocenters. The van der Waals surface area contributed by atoms with Crippen molar-refractivity contribution in [2.45, 2.75) is 59.2 Å². The molecule has 0 aromatic heterocycles. The monoisotopic (exact) mass is 402 g/mol. The lowest BCUT2D eigenvalue weighted by Crippen LogP contribution is -2.41. The number of halogens is 1. The highest BCUT2D eigenvalue weighted by atomic mass is 19.1. The Morgan fingerprint density at radius 1 is 1.28 bits per heavy atom. The molecule has 8 heteroatoms.